The minimum Gasteiger partial charge on any atom is -0.507 e. The van der Waals surface area contributed by atoms with E-state index in [1.54, 1.807) is 24.3 Å². The molecule has 3 aromatic carbocycles. The lowest BCUT2D eigenvalue weighted by molar-refractivity contribution is -0.132. The number of Topliss-reactive ketones (excluding diaryl/α,β-unsaturated/α-hetero) is 1. The first-order valence-corrected chi connectivity index (χ1v) is 11.8. The van der Waals surface area contributed by atoms with Gasteiger partial charge in [-0.1, -0.05) is 36.5 Å². The maximum absolute atomic E-state index is 13.5. The van der Waals surface area contributed by atoms with Gasteiger partial charge in [0.2, 0.25) is 0 Å². The molecule has 1 aromatic heterocycles. The van der Waals surface area contributed by atoms with E-state index in [1.165, 1.54) is 47.6 Å². The number of aromatic nitrogens is 1. The summed E-state index contributed by atoms with van der Waals surface area (Å²) in [6, 6.07) is 17.0. The second-order valence-electron chi connectivity index (χ2n) is 8.10. The SMILES string of the molecule is CCc1ccc2nc(N3C(=O)C(=O)C(=C(O)c4ccc(F)cc4)C3c3cccc(OC)c3)sc2c1. The Balaban J connectivity index is 1.72. The third kappa shape index (κ3) is 3.95. The Morgan fingerprint density at radius 2 is 1.89 bits per heavy atom. The van der Waals surface area contributed by atoms with E-state index >= 15 is 0 Å². The fourth-order valence-corrected chi connectivity index (χ4v) is 5.26. The Morgan fingerprint density at radius 1 is 1.11 bits per heavy atom. The van der Waals surface area contributed by atoms with Crippen molar-refractivity contribution in [2.24, 2.45) is 0 Å². The van der Waals surface area contributed by atoms with Gasteiger partial charge in [-0.2, -0.15) is 0 Å². The molecule has 6 nitrogen and oxygen atoms in total. The van der Waals surface area contributed by atoms with Gasteiger partial charge in [0.05, 0.1) is 28.9 Å². The van der Waals surface area contributed by atoms with Crippen LogP contribution in [0.15, 0.2) is 72.3 Å². The third-order valence-corrected chi connectivity index (χ3v) is 7.04. The molecule has 0 radical (unpaired) electrons. The summed E-state index contributed by atoms with van der Waals surface area (Å²) in [4.78, 5) is 32.6. The van der Waals surface area contributed by atoms with Crippen molar-refractivity contribution in [1.82, 2.24) is 4.98 Å². The summed E-state index contributed by atoms with van der Waals surface area (Å²) in [5.41, 5.74) is 2.56. The topological polar surface area (TPSA) is 79.7 Å². The summed E-state index contributed by atoms with van der Waals surface area (Å²) in [7, 11) is 1.52. The molecule has 176 valence electrons. The Kier molecular flexibility index (Phi) is 5.82. The second kappa shape index (κ2) is 8.96. The van der Waals surface area contributed by atoms with Crippen molar-refractivity contribution in [3.05, 3.63) is 94.8 Å². The number of methoxy groups -OCH3 is 1. The van der Waals surface area contributed by atoms with Crippen LogP contribution in [0.2, 0.25) is 0 Å². The molecule has 0 spiro atoms. The number of aryl methyl sites for hydroxylation is 1. The highest BCUT2D eigenvalue weighted by Gasteiger charge is 2.48. The number of aliphatic hydroxyl groups is 1. The molecule has 0 aliphatic carbocycles. The Bertz CT molecular complexity index is 1490. The molecule has 0 saturated carbocycles. The number of thiazole rings is 1. The normalized spacial score (nSPS) is 17.3. The Hall–Kier alpha value is -4.04. The van der Waals surface area contributed by atoms with Crippen LogP contribution in [-0.2, 0) is 16.0 Å². The fraction of sp³-hybridized carbons (Fsp3) is 0.148. The number of aliphatic hydroxyl groups excluding tert-OH is 1. The number of rotatable bonds is 5. The van der Waals surface area contributed by atoms with E-state index in [1.807, 2.05) is 18.2 Å². The molecule has 2 heterocycles. The highest BCUT2D eigenvalue weighted by molar-refractivity contribution is 7.22. The molecule has 1 fully saturated rings. The number of amides is 1. The average Bonchev–Trinajstić information content (AvgIpc) is 3.41. The first-order chi connectivity index (χ1) is 16.9. The molecule has 1 atom stereocenters. The highest BCUT2D eigenvalue weighted by Crippen LogP contribution is 2.44. The molecule has 5 rings (SSSR count). The highest BCUT2D eigenvalue weighted by atomic mass is 32.1. The zero-order valence-corrected chi connectivity index (χ0v) is 19.8. The first-order valence-electron chi connectivity index (χ1n) is 11.0. The molecule has 4 aromatic rings. The lowest BCUT2D eigenvalue weighted by atomic mass is 9.95. The number of carbonyl (C=O) groups is 2. The fourth-order valence-electron chi connectivity index (χ4n) is 4.20. The predicted octanol–water partition coefficient (Wildman–Crippen LogP) is 5.63. The minimum absolute atomic E-state index is 0.0941. The number of fused-ring (bicyclic) bond motifs is 1. The molecule has 1 saturated heterocycles. The van der Waals surface area contributed by atoms with Crippen LogP contribution in [0.1, 0.15) is 29.7 Å². The summed E-state index contributed by atoms with van der Waals surface area (Å²) < 4.78 is 19.7. The molecule has 1 amide bonds. The van der Waals surface area contributed by atoms with E-state index < -0.39 is 23.5 Å². The summed E-state index contributed by atoms with van der Waals surface area (Å²) in [6.07, 6.45) is 0.856. The van der Waals surface area contributed by atoms with Crippen molar-refractivity contribution < 1.29 is 23.8 Å². The molecular formula is C27H21FN2O4S. The number of hydrogen-bond donors (Lipinski definition) is 1. The van der Waals surface area contributed by atoms with Gasteiger partial charge in [0, 0.05) is 5.56 Å². The molecule has 0 bridgehead atoms. The number of benzene rings is 3. The van der Waals surface area contributed by atoms with Gasteiger partial charge in [0.1, 0.15) is 17.3 Å². The minimum atomic E-state index is -0.943. The van der Waals surface area contributed by atoms with Crippen molar-refractivity contribution >= 4 is 44.1 Å². The zero-order chi connectivity index (χ0) is 24.7. The van der Waals surface area contributed by atoms with Crippen LogP contribution in [0.4, 0.5) is 9.52 Å². The van der Waals surface area contributed by atoms with E-state index in [-0.39, 0.29) is 16.9 Å². The van der Waals surface area contributed by atoms with Crippen molar-refractivity contribution in [2.75, 3.05) is 12.0 Å². The van der Waals surface area contributed by atoms with Crippen LogP contribution >= 0.6 is 11.3 Å². The Morgan fingerprint density at radius 3 is 2.60 bits per heavy atom. The second-order valence-corrected chi connectivity index (χ2v) is 9.11. The number of hydrogen-bond acceptors (Lipinski definition) is 6. The van der Waals surface area contributed by atoms with Gasteiger partial charge >= 0.3 is 5.91 Å². The molecule has 1 aliphatic rings. The van der Waals surface area contributed by atoms with E-state index in [0.717, 1.165) is 16.7 Å². The number of nitrogens with zero attached hydrogens (tertiary/aromatic N) is 2. The van der Waals surface area contributed by atoms with E-state index in [9.17, 15) is 19.1 Å². The number of halogens is 1. The van der Waals surface area contributed by atoms with Gasteiger partial charge in [0.15, 0.2) is 5.13 Å². The maximum Gasteiger partial charge on any atom is 0.301 e. The summed E-state index contributed by atoms with van der Waals surface area (Å²) in [5, 5.41) is 11.5. The van der Waals surface area contributed by atoms with Gasteiger partial charge in [-0.25, -0.2) is 9.37 Å². The standard InChI is InChI=1S/C27H21FN2O4S/c1-3-15-7-12-20-21(13-15)35-27(29-20)30-23(17-5-4-6-19(14-17)34-2)22(25(32)26(30)33)24(31)16-8-10-18(28)11-9-16/h4-14,23,31H,3H2,1-2H3. The molecule has 8 heteroatoms. The van der Waals surface area contributed by atoms with Crippen LogP contribution < -0.4 is 9.64 Å². The number of anilines is 1. The van der Waals surface area contributed by atoms with Gasteiger partial charge in [0.25, 0.3) is 5.78 Å². The smallest absolute Gasteiger partial charge is 0.301 e. The van der Waals surface area contributed by atoms with Gasteiger partial charge in [-0.3, -0.25) is 14.5 Å². The van der Waals surface area contributed by atoms with Crippen LogP contribution in [0, 0.1) is 5.82 Å². The van der Waals surface area contributed by atoms with E-state index in [0.29, 0.717) is 22.0 Å². The van der Waals surface area contributed by atoms with Crippen molar-refractivity contribution in [3.8, 4) is 5.75 Å². The van der Waals surface area contributed by atoms with Gasteiger partial charge in [-0.15, -0.1) is 0 Å². The van der Waals surface area contributed by atoms with Crippen molar-refractivity contribution in [2.45, 2.75) is 19.4 Å². The first kappa shape index (κ1) is 22.7. The lowest BCUT2D eigenvalue weighted by Crippen LogP contribution is -2.29. The maximum atomic E-state index is 13.5. The van der Waals surface area contributed by atoms with E-state index in [4.69, 9.17) is 4.74 Å². The third-order valence-electron chi connectivity index (χ3n) is 6.03. The van der Waals surface area contributed by atoms with Crippen LogP contribution in [-0.4, -0.2) is 28.9 Å². The number of carbonyl (C=O) groups excluding carboxylic acids is 2. The van der Waals surface area contributed by atoms with Crippen molar-refractivity contribution in [1.29, 1.82) is 0 Å². The zero-order valence-electron chi connectivity index (χ0n) is 19.0. The Labute approximate surface area is 204 Å². The van der Waals surface area contributed by atoms with Crippen LogP contribution in [0.25, 0.3) is 16.0 Å². The van der Waals surface area contributed by atoms with Crippen LogP contribution in [0.5, 0.6) is 5.75 Å². The monoisotopic (exact) mass is 488 g/mol. The predicted molar refractivity (Wildman–Crippen MR) is 133 cm³/mol. The number of ketones is 1. The molecule has 1 aliphatic heterocycles. The summed E-state index contributed by atoms with van der Waals surface area (Å²) >= 11 is 1.31. The summed E-state index contributed by atoms with van der Waals surface area (Å²) in [6.45, 7) is 2.06. The molecule has 1 unspecified atom stereocenters. The molecular weight excluding hydrogens is 467 g/mol. The van der Waals surface area contributed by atoms with E-state index in [2.05, 4.69) is 11.9 Å². The lowest BCUT2D eigenvalue weighted by Gasteiger charge is -2.23. The largest absolute Gasteiger partial charge is 0.507 e. The van der Waals surface area contributed by atoms with Crippen LogP contribution in [0.3, 0.4) is 0 Å². The summed E-state index contributed by atoms with van der Waals surface area (Å²) in [5.74, 6) is -1.96. The quantitative estimate of drug-likeness (QED) is 0.224. The molecule has 1 N–H and O–H groups in total. The molecule has 35 heavy (non-hydrogen) atoms. The van der Waals surface area contributed by atoms with Crippen molar-refractivity contribution in [3.63, 3.8) is 0 Å². The van der Waals surface area contributed by atoms with Gasteiger partial charge < -0.3 is 9.84 Å². The number of ether oxygens (including phenoxy) is 1. The average molecular weight is 489 g/mol. The van der Waals surface area contributed by atoms with Gasteiger partial charge in [-0.05, 0) is 66.1 Å².